The van der Waals surface area contributed by atoms with Crippen molar-refractivity contribution < 1.29 is 0 Å². The number of nitrogens with one attached hydrogen (secondary N) is 1. The lowest BCUT2D eigenvalue weighted by atomic mass is 10.0. The fraction of sp³-hybridized carbons (Fsp3) is 0.650. The Labute approximate surface area is 157 Å². The highest BCUT2D eigenvalue weighted by molar-refractivity contribution is 5.40. The van der Waals surface area contributed by atoms with Gasteiger partial charge >= 0.3 is 0 Å². The topological polar surface area (TPSA) is 58.9 Å². The molecule has 0 saturated carbocycles. The number of nitrogens with zero attached hydrogens (tertiary/aromatic N) is 5. The number of anilines is 1. The van der Waals surface area contributed by atoms with E-state index in [1.165, 1.54) is 18.4 Å². The molecule has 142 valence electrons. The zero-order valence-corrected chi connectivity index (χ0v) is 16.6. The molecule has 0 amide bonds. The Hall–Kier alpha value is -1.95. The molecule has 0 aromatic carbocycles. The summed E-state index contributed by atoms with van der Waals surface area (Å²) in [6, 6.07) is 2.73. The molecule has 6 nitrogen and oxygen atoms in total. The molecule has 1 saturated heterocycles. The summed E-state index contributed by atoms with van der Waals surface area (Å²) in [5.41, 5.74) is 2.29. The summed E-state index contributed by atoms with van der Waals surface area (Å²) >= 11 is 0. The van der Waals surface area contributed by atoms with Crippen LogP contribution in [0, 0.1) is 13.8 Å². The van der Waals surface area contributed by atoms with Crippen LogP contribution < -0.4 is 10.2 Å². The first-order valence-corrected chi connectivity index (χ1v) is 9.84. The van der Waals surface area contributed by atoms with Crippen LogP contribution in [0.1, 0.15) is 56.1 Å². The van der Waals surface area contributed by atoms with Crippen molar-refractivity contribution in [1.29, 1.82) is 0 Å². The molecule has 2 aromatic heterocycles. The number of aryl methyl sites for hydroxylation is 3. The van der Waals surface area contributed by atoms with Gasteiger partial charge in [-0.05, 0) is 45.2 Å². The lowest BCUT2D eigenvalue weighted by Gasteiger charge is -2.33. The van der Waals surface area contributed by atoms with Crippen LogP contribution in [-0.2, 0) is 6.54 Å². The predicted octanol–water partition coefficient (Wildman–Crippen LogP) is 3.06. The Morgan fingerprint density at radius 1 is 1.19 bits per heavy atom. The maximum absolute atomic E-state index is 4.78. The lowest BCUT2D eigenvalue weighted by Crippen LogP contribution is -2.43. The molecule has 0 bridgehead atoms. The fourth-order valence-corrected chi connectivity index (χ4v) is 3.44. The Bertz CT molecular complexity index is 700. The first kappa shape index (κ1) is 18.8. The van der Waals surface area contributed by atoms with Gasteiger partial charge < -0.3 is 10.2 Å². The lowest BCUT2D eigenvalue weighted by molar-refractivity contribution is 0.403. The third-order valence-corrected chi connectivity index (χ3v) is 4.95. The number of aromatic nitrogens is 4. The summed E-state index contributed by atoms with van der Waals surface area (Å²) in [6.45, 7) is 12.6. The molecule has 0 unspecified atom stereocenters. The molecule has 3 rings (SSSR count). The minimum Gasteiger partial charge on any atom is -0.356 e. The molecule has 0 radical (unpaired) electrons. The van der Waals surface area contributed by atoms with E-state index in [2.05, 4.69) is 60.3 Å². The molecule has 0 aliphatic carbocycles. The molecule has 2 aromatic rings. The van der Waals surface area contributed by atoms with Gasteiger partial charge in [0.1, 0.15) is 11.6 Å². The van der Waals surface area contributed by atoms with Crippen LogP contribution in [0.15, 0.2) is 18.5 Å². The van der Waals surface area contributed by atoms with Gasteiger partial charge in [-0.1, -0.05) is 13.8 Å². The highest BCUT2D eigenvalue weighted by atomic mass is 15.3. The largest absolute Gasteiger partial charge is 0.356 e. The molecule has 1 aliphatic rings. The van der Waals surface area contributed by atoms with Gasteiger partial charge in [0.25, 0.3) is 0 Å². The molecular formula is C20H32N6. The normalized spacial score (nSPS) is 15.8. The van der Waals surface area contributed by atoms with Crippen LogP contribution in [0.5, 0.6) is 0 Å². The highest BCUT2D eigenvalue weighted by Gasteiger charge is 2.20. The number of hydrogen-bond donors (Lipinski definition) is 1. The molecule has 0 atom stereocenters. The van der Waals surface area contributed by atoms with Crippen LogP contribution in [-0.4, -0.2) is 45.4 Å². The van der Waals surface area contributed by atoms with Crippen molar-refractivity contribution in [3.8, 4) is 0 Å². The van der Waals surface area contributed by atoms with Gasteiger partial charge in [0, 0.05) is 49.6 Å². The van der Waals surface area contributed by atoms with Crippen LogP contribution in [0.25, 0.3) is 0 Å². The Morgan fingerprint density at radius 3 is 2.62 bits per heavy atom. The monoisotopic (exact) mass is 356 g/mol. The summed E-state index contributed by atoms with van der Waals surface area (Å²) in [5, 5.41) is 8.05. The van der Waals surface area contributed by atoms with E-state index in [1.807, 2.05) is 10.9 Å². The smallest absolute Gasteiger partial charge is 0.133 e. The second-order valence-corrected chi connectivity index (χ2v) is 7.73. The van der Waals surface area contributed by atoms with Crippen LogP contribution in [0.4, 0.5) is 5.82 Å². The van der Waals surface area contributed by atoms with Crippen LogP contribution >= 0.6 is 0 Å². The Morgan fingerprint density at radius 2 is 1.96 bits per heavy atom. The van der Waals surface area contributed by atoms with Gasteiger partial charge in [-0.15, -0.1) is 0 Å². The van der Waals surface area contributed by atoms with Crippen molar-refractivity contribution >= 4 is 5.82 Å². The quantitative estimate of drug-likeness (QED) is 0.773. The van der Waals surface area contributed by atoms with E-state index in [9.17, 15) is 0 Å². The maximum Gasteiger partial charge on any atom is 0.133 e. The van der Waals surface area contributed by atoms with E-state index >= 15 is 0 Å². The molecular weight excluding hydrogens is 324 g/mol. The fourth-order valence-electron chi connectivity index (χ4n) is 3.44. The Balaban J connectivity index is 1.42. The average molecular weight is 357 g/mol. The molecule has 3 heterocycles. The Kier molecular flexibility index (Phi) is 6.25. The summed E-state index contributed by atoms with van der Waals surface area (Å²) in [6.07, 6.45) is 7.47. The van der Waals surface area contributed by atoms with Crippen molar-refractivity contribution in [1.82, 2.24) is 25.1 Å². The van der Waals surface area contributed by atoms with Crippen molar-refractivity contribution in [3.63, 3.8) is 0 Å². The van der Waals surface area contributed by atoms with Gasteiger partial charge in [-0.3, -0.25) is 4.68 Å². The highest BCUT2D eigenvalue weighted by Crippen LogP contribution is 2.21. The summed E-state index contributed by atoms with van der Waals surface area (Å²) in [4.78, 5) is 11.7. The minimum atomic E-state index is 0.367. The van der Waals surface area contributed by atoms with E-state index < -0.39 is 0 Å². The molecule has 26 heavy (non-hydrogen) atoms. The van der Waals surface area contributed by atoms with Crippen molar-refractivity contribution in [3.05, 3.63) is 35.5 Å². The third kappa shape index (κ3) is 5.04. The number of hydrogen-bond acceptors (Lipinski definition) is 5. The van der Waals surface area contributed by atoms with E-state index in [1.54, 1.807) is 0 Å². The first-order chi connectivity index (χ1) is 12.5. The summed E-state index contributed by atoms with van der Waals surface area (Å²) in [7, 11) is 0. The second kappa shape index (κ2) is 8.62. The van der Waals surface area contributed by atoms with E-state index in [-0.39, 0.29) is 0 Å². The van der Waals surface area contributed by atoms with E-state index in [0.29, 0.717) is 12.0 Å². The standard InChI is InChI=1S/C20H32N6/c1-15(2)20-23-17(4)12-19(24-20)25-10-6-18(7-11-25)21-8-5-9-26-14-16(3)13-22-26/h12-15,18,21H,5-11H2,1-4H3. The molecule has 0 spiro atoms. The summed E-state index contributed by atoms with van der Waals surface area (Å²) in [5.74, 6) is 2.41. The minimum absolute atomic E-state index is 0.367. The molecule has 6 heteroatoms. The van der Waals surface area contributed by atoms with Gasteiger partial charge in [-0.2, -0.15) is 5.10 Å². The van der Waals surface area contributed by atoms with Crippen LogP contribution in [0.3, 0.4) is 0 Å². The maximum atomic E-state index is 4.78. The zero-order valence-electron chi connectivity index (χ0n) is 16.6. The first-order valence-electron chi connectivity index (χ1n) is 9.84. The zero-order chi connectivity index (χ0) is 18.5. The molecule has 1 fully saturated rings. The van der Waals surface area contributed by atoms with Gasteiger partial charge in [0.15, 0.2) is 0 Å². The summed E-state index contributed by atoms with van der Waals surface area (Å²) < 4.78 is 2.03. The molecule has 1 aliphatic heterocycles. The van der Waals surface area contributed by atoms with Gasteiger partial charge in [0.05, 0.1) is 6.20 Å². The van der Waals surface area contributed by atoms with Crippen LogP contribution in [0.2, 0.25) is 0 Å². The van der Waals surface area contributed by atoms with Gasteiger partial charge in [0.2, 0.25) is 0 Å². The van der Waals surface area contributed by atoms with E-state index in [4.69, 9.17) is 4.98 Å². The van der Waals surface area contributed by atoms with Crippen molar-refractivity contribution in [2.75, 3.05) is 24.5 Å². The number of piperidine rings is 1. The average Bonchev–Trinajstić information content (AvgIpc) is 3.04. The van der Waals surface area contributed by atoms with E-state index in [0.717, 1.165) is 49.9 Å². The predicted molar refractivity (Wildman–Crippen MR) is 106 cm³/mol. The van der Waals surface area contributed by atoms with Crippen molar-refractivity contribution in [2.24, 2.45) is 0 Å². The van der Waals surface area contributed by atoms with Crippen molar-refractivity contribution in [2.45, 2.75) is 65.5 Å². The number of rotatable bonds is 7. The third-order valence-electron chi connectivity index (χ3n) is 4.95. The van der Waals surface area contributed by atoms with Gasteiger partial charge in [-0.25, -0.2) is 9.97 Å². The SMILES string of the molecule is Cc1cnn(CCCNC2CCN(c3cc(C)nc(C(C)C)n3)CC2)c1. The molecule has 1 N–H and O–H groups in total. The second-order valence-electron chi connectivity index (χ2n) is 7.73.